The molecule has 6 N–H and O–H groups in total. The van der Waals surface area contributed by atoms with Crippen LogP contribution in [0.4, 0.5) is 11.6 Å². The van der Waals surface area contributed by atoms with E-state index in [1.165, 1.54) is 0 Å². The molecule has 0 spiro atoms. The van der Waals surface area contributed by atoms with E-state index in [-0.39, 0.29) is 40.8 Å². The summed E-state index contributed by atoms with van der Waals surface area (Å²) in [5.74, 6) is -0.837. The molecule has 0 aliphatic carbocycles. The number of hydrogen-bond donors (Lipinski definition) is 3. The molecular formula is C8H12Cl2N7O-. The van der Waals surface area contributed by atoms with E-state index in [0.717, 1.165) is 0 Å². The van der Waals surface area contributed by atoms with Gasteiger partial charge in [-0.2, -0.15) is 4.99 Å². The molecule has 0 atom stereocenters. The molecule has 8 nitrogen and oxygen atoms in total. The molecule has 0 aliphatic rings. The van der Waals surface area contributed by atoms with E-state index in [1.807, 2.05) is 0 Å². The quantitative estimate of drug-likeness (QED) is 0.375. The molecular weight excluding hydrogens is 281 g/mol. The Kier molecular flexibility index (Phi) is 5.60. The van der Waals surface area contributed by atoms with Crippen LogP contribution in [0.5, 0.6) is 0 Å². The van der Waals surface area contributed by atoms with Gasteiger partial charge in [-0.05, 0) is 0 Å². The second kappa shape index (κ2) is 6.22. The van der Waals surface area contributed by atoms with Crippen molar-refractivity contribution in [2.24, 2.45) is 16.5 Å². The first kappa shape index (κ1) is 16.2. The molecule has 0 unspecified atom stereocenters. The molecule has 0 aliphatic heterocycles. The smallest absolute Gasteiger partial charge is 0.302 e. The van der Waals surface area contributed by atoms with E-state index in [0.29, 0.717) is 0 Å². The lowest BCUT2D eigenvalue weighted by molar-refractivity contribution is -0.0000121. The number of nitrogens with zero attached hydrogens (tertiary/aromatic N) is 4. The first-order chi connectivity index (χ1) is 7.82. The van der Waals surface area contributed by atoms with Crippen LogP contribution in [0.25, 0.3) is 0 Å². The third kappa shape index (κ3) is 3.60. The van der Waals surface area contributed by atoms with Gasteiger partial charge in [0, 0.05) is 14.1 Å². The fraction of sp³-hybridized carbons (Fsp3) is 0.250. The molecule has 1 rings (SSSR count). The van der Waals surface area contributed by atoms with Gasteiger partial charge in [0.25, 0.3) is 0 Å². The van der Waals surface area contributed by atoms with Crippen molar-refractivity contribution < 1.29 is 17.2 Å². The Hall–Kier alpha value is -1.80. The summed E-state index contributed by atoms with van der Waals surface area (Å²) in [5.41, 5.74) is 15.7. The van der Waals surface area contributed by atoms with E-state index >= 15 is 0 Å². The normalized spacial score (nSPS) is 9.28. The van der Waals surface area contributed by atoms with Gasteiger partial charge in [0.15, 0.2) is 28.4 Å². The number of carbonyl (C=O) groups is 1. The van der Waals surface area contributed by atoms with Crippen LogP contribution in [0.1, 0.15) is 10.5 Å². The van der Waals surface area contributed by atoms with Crippen LogP contribution in [-0.2, 0) is 0 Å². The van der Waals surface area contributed by atoms with Crippen molar-refractivity contribution in [2.45, 2.75) is 0 Å². The van der Waals surface area contributed by atoms with E-state index in [9.17, 15) is 4.79 Å². The van der Waals surface area contributed by atoms with Gasteiger partial charge in [-0.3, -0.25) is 4.79 Å². The van der Waals surface area contributed by atoms with E-state index in [4.69, 9.17) is 28.8 Å². The molecule has 1 amide bonds. The monoisotopic (exact) mass is 292 g/mol. The maximum absolute atomic E-state index is 11.7. The van der Waals surface area contributed by atoms with Gasteiger partial charge >= 0.3 is 5.91 Å². The number of rotatable bonds is 2. The van der Waals surface area contributed by atoms with Gasteiger partial charge < -0.3 is 34.5 Å². The van der Waals surface area contributed by atoms with Crippen LogP contribution in [0.2, 0.25) is 5.15 Å². The number of guanidine groups is 1. The highest BCUT2D eigenvalue weighted by atomic mass is 35.5. The van der Waals surface area contributed by atoms with Crippen LogP contribution in [0.3, 0.4) is 0 Å². The van der Waals surface area contributed by atoms with Crippen LogP contribution < -0.4 is 34.5 Å². The topological polar surface area (TPSA) is 137 Å². The fourth-order valence-corrected chi connectivity index (χ4v) is 1.17. The van der Waals surface area contributed by atoms with Crippen molar-refractivity contribution in [1.82, 2.24) is 9.97 Å². The zero-order chi connectivity index (χ0) is 13.2. The van der Waals surface area contributed by atoms with Crippen molar-refractivity contribution in [2.75, 3.05) is 24.7 Å². The van der Waals surface area contributed by atoms with Crippen molar-refractivity contribution >= 4 is 35.1 Å². The van der Waals surface area contributed by atoms with Gasteiger partial charge in [-0.15, -0.1) is 0 Å². The van der Waals surface area contributed by atoms with E-state index in [1.54, 1.807) is 19.0 Å². The number of halogens is 2. The van der Waals surface area contributed by atoms with Crippen molar-refractivity contribution in [3.63, 3.8) is 0 Å². The Balaban J connectivity index is 0.00000289. The average Bonchev–Trinajstić information content (AvgIpc) is 2.19. The number of nitrogens with two attached hydrogens (primary N) is 3. The Bertz CT molecular complexity index is 485. The van der Waals surface area contributed by atoms with Crippen LogP contribution in [-0.4, -0.2) is 35.9 Å². The molecule has 1 heterocycles. The third-order valence-corrected chi connectivity index (χ3v) is 1.99. The van der Waals surface area contributed by atoms with Gasteiger partial charge in [0.05, 0.1) is 0 Å². The lowest BCUT2D eigenvalue weighted by Crippen LogP contribution is -3.00. The number of aliphatic imine (C=N–C) groups is 1. The maximum atomic E-state index is 11.7. The molecule has 1 aromatic heterocycles. The summed E-state index contributed by atoms with van der Waals surface area (Å²) in [7, 11) is 3.34. The summed E-state index contributed by atoms with van der Waals surface area (Å²) in [4.78, 5) is 24.3. The Morgan fingerprint density at radius 3 is 2.33 bits per heavy atom. The van der Waals surface area contributed by atoms with Crippen molar-refractivity contribution in [3.8, 4) is 0 Å². The predicted octanol–water partition coefficient (Wildman–Crippen LogP) is -3.80. The predicted molar refractivity (Wildman–Crippen MR) is 65.9 cm³/mol. The largest absolute Gasteiger partial charge is 1.00 e. The summed E-state index contributed by atoms with van der Waals surface area (Å²) >= 11 is 5.69. The highest BCUT2D eigenvalue weighted by molar-refractivity contribution is 6.31. The second-order valence-electron chi connectivity index (χ2n) is 3.31. The molecule has 1 aromatic rings. The minimum Gasteiger partial charge on any atom is -1.00 e. The van der Waals surface area contributed by atoms with Crippen molar-refractivity contribution in [1.29, 1.82) is 0 Å². The lowest BCUT2D eigenvalue weighted by atomic mass is 10.3. The molecule has 0 fully saturated rings. The van der Waals surface area contributed by atoms with Crippen LogP contribution in [0, 0.1) is 0 Å². The Morgan fingerprint density at radius 2 is 1.89 bits per heavy atom. The molecule has 18 heavy (non-hydrogen) atoms. The van der Waals surface area contributed by atoms with Gasteiger partial charge in [0.2, 0.25) is 0 Å². The maximum Gasteiger partial charge on any atom is 0.302 e. The summed E-state index contributed by atoms with van der Waals surface area (Å²) in [6.45, 7) is 0. The second-order valence-corrected chi connectivity index (χ2v) is 3.67. The Labute approximate surface area is 115 Å². The molecule has 0 aromatic carbocycles. The van der Waals surface area contributed by atoms with Gasteiger partial charge in [-0.25, -0.2) is 9.97 Å². The fourth-order valence-electron chi connectivity index (χ4n) is 1.04. The number of amides is 1. The summed E-state index contributed by atoms with van der Waals surface area (Å²) in [6, 6.07) is 0. The molecule has 100 valence electrons. The Morgan fingerprint density at radius 1 is 1.33 bits per heavy atom. The van der Waals surface area contributed by atoms with E-state index < -0.39 is 5.91 Å². The van der Waals surface area contributed by atoms with Crippen molar-refractivity contribution in [3.05, 3.63) is 10.8 Å². The average molecular weight is 293 g/mol. The standard InChI is InChI=1S/C8H12ClN7O.ClH/c1-16(2)6-3(7(17)15-8(11)12)13-4(9)5(10)14-6;/h1-2H3,(H2,10,14)(H4,11,12,15,17);1H/p-1. The number of nitrogen functional groups attached to an aromatic ring is 1. The minimum atomic E-state index is -0.733. The summed E-state index contributed by atoms with van der Waals surface area (Å²) < 4.78 is 0. The first-order valence-electron chi connectivity index (χ1n) is 4.47. The molecule has 0 saturated heterocycles. The number of hydrogen-bond acceptors (Lipinski definition) is 5. The van der Waals surface area contributed by atoms with Crippen LogP contribution >= 0.6 is 11.6 Å². The minimum absolute atomic E-state index is 0. The molecule has 0 bridgehead atoms. The number of aromatic nitrogens is 2. The summed E-state index contributed by atoms with van der Waals surface area (Å²) in [6.07, 6.45) is 0. The number of carbonyl (C=O) groups excluding carboxylic acids is 1. The third-order valence-electron chi connectivity index (χ3n) is 1.72. The highest BCUT2D eigenvalue weighted by Crippen LogP contribution is 2.21. The highest BCUT2D eigenvalue weighted by Gasteiger charge is 2.18. The number of anilines is 2. The first-order valence-corrected chi connectivity index (χ1v) is 4.85. The molecule has 10 heteroatoms. The van der Waals surface area contributed by atoms with Gasteiger partial charge in [-0.1, -0.05) is 11.6 Å². The molecule has 0 radical (unpaired) electrons. The van der Waals surface area contributed by atoms with E-state index in [2.05, 4.69) is 15.0 Å². The van der Waals surface area contributed by atoms with Gasteiger partial charge in [0.1, 0.15) is 0 Å². The zero-order valence-corrected chi connectivity index (χ0v) is 11.2. The molecule has 0 saturated carbocycles. The zero-order valence-electron chi connectivity index (χ0n) is 9.69. The SMILES string of the molecule is CN(C)c1nc(N)c(Cl)nc1C(=O)N=C(N)N.[Cl-]. The van der Waals surface area contributed by atoms with Crippen LogP contribution in [0.15, 0.2) is 4.99 Å². The lowest BCUT2D eigenvalue weighted by Gasteiger charge is -2.14. The summed E-state index contributed by atoms with van der Waals surface area (Å²) in [5, 5.41) is -0.0789.